The van der Waals surface area contributed by atoms with Crippen molar-refractivity contribution in [3.63, 3.8) is 0 Å². The second kappa shape index (κ2) is 6.09. The fourth-order valence-electron chi connectivity index (χ4n) is 3.20. The average molecular weight is 354 g/mol. The molecule has 2 heterocycles. The third-order valence-corrected chi connectivity index (χ3v) is 6.25. The minimum absolute atomic E-state index is 0.0144. The first-order valence-corrected chi connectivity index (χ1v) is 9.67. The van der Waals surface area contributed by atoms with E-state index in [9.17, 15) is 13.2 Å². The van der Waals surface area contributed by atoms with Crippen LogP contribution in [0.1, 0.15) is 6.92 Å². The summed E-state index contributed by atoms with van der Waals surface area (Å²) in [6, 6.07) is 8.86. The van der Waals surface area contributed by atoms with Crippen molar-refractivity contribution in [2.75, 3.05) is 29.6 Å². The SMILES string of the molecule is CCOC(=O)CN1C(=S)N(c2ccccc2)[C@H]2CS(=O)(=O)C[C@@H]21. The number of carbonyl (C=O) groups is 1. The van der Waals surface area contributed by atoms with E-state index in [4.69, 9.17) is 17.0 Å². The van der Waals surface area contributed by atoms with Gasteiger partial charge in [0.05, 0.1) is 30.2 Å². The highest BCUT2D eigenvalue weighted by molar-refractivity contribution is 7.91. The quantitative estimate of drug-likeness (QED) is 0.586. The van der Waals surface area contributed by atoms with E-state index in [0.29, 0.717) is 5.11 Å². The Morgan fingerprint density at radius 3 is 2.57 bits per heavy atom. The molecule has 3 rings (SSSR count). The van der Waals surface area contributed by atoms with E-state index in [1.54, 1.807) is 11.8 Å². The van der Waals surface area contributed by atoms with Crippen LogP contribution < -0.4 is 4.90 Å². The van der Waals surface area contributed by atoms with Gasteiger partial charge in [-0.15, -0.1) is 0 Å². The van der Waals surface area contributed by atoms with Gasteiger partial charge in [0.25, 0.3) is 0 Å². The van der Waals surface area contributed by atoms with E-state index in [0.717, 1.165) is 5.69 Å². The number of ether oxygens (including phenoxy) is 1. The van der Waals surface area contributed by atoms with Gasteiger partial charge in [-0.2, -0.15) is 0 Å². The van der Waals surface area contributed by atoms with Gasteiger partial charge in [-0.3, -0.25) is 4.79 Å². The zero-order valence-electron chi connectivity index (χ0n) is 12.7. The molecule has 0 unspecified atom stereocenters. The van der Waals surface area contributed by atoms with Gasteiger partial charge in [-0.25, -0.2) is 8.42 Å². The molecule has 0 N–H and O–H groups in total. The number of carbonyl (C=O) groups excluding carboxylic acids is 1. The maximum absolute atomic E-state index is 12.1. The Bertz CT molecular complexity index is 720. The topological polar surface area (TPSA) is 66.9 Å². The summed E-state index contributed by atoms with van der Waals surface area (Å²) in [4.78, 5) is 15.4. The van der Waals surface area contributed by atoms with Crippen LogP contribution in [0, 0.1) is 0 Å². The first-order valence-electron chi connectivity index (χ1n) is 7.44. The first kappa shape index (κ1) is 16.2. The molecule has 0 radical (unpaired) electrons. The van der Waals surface area contributed by atoms with E-state index in [2.05, 4.69) is 0 Å². The van der Waals surface area contributed by atoms with Gasteiger partial charge in [0, 0.05) is 5.69 Å². The van der Waals surface area contributed by atoms with Crippen LogP contribution in [0.5, 0.6) is 0 Å². The summed E-state index contributed by atoms with van der Waals surface area (Å²) in [6.07, 6.45) is 0. The van der Waals surface area contributed by atoms with Crippen LogP contribution in [0.25, 0.3) is 0 Å². The van der Waals surface area contributed by atoms with E-state index in [1.165, 1.54) is 0 Å². The number of hydrogen-bond acceptors (Lipinski definition) is 5. The van der Waals surface area contributed by atoms with Crippen molar-refractivity contribution in [1.82, 2.24) is 4.90 Å². The molecule has 2 aliphatic rings. The van der Waals surface area contributed by atoms with Crippen molar-refractivity contribution in [1.29, 1.82) is 0 Å². The van der Waals surface area contributed by atoms with Gasteiger partial charge < -0.3 is 14.5 Å². The molecule has 23 heavy (non-hydrogen) atoms. The van der Waals surface area contributed by atoms with Crippen LogP contribution in [-0.4, -0.2) is 61.1 Å². The highest BCUT2D eigenvalue weighted by Crippen LogP contribution is 2.34. The molecule has 6 nitrogen and oxygen atoms in total. The number of benzene rings is 1. The van der Waals surface area contributed by atoms with Crippen molar-refractivity contribution in [2.45, 2.75) is 19.0 Å². The molecular formula is C15H18N2O4S2. The summed E-state index contributed by atoms with van der Waals surface area (Å²) < 4.78 is 29.1. The van der Waals surface area contributed by atoms with E-state index < -0.39 is 15.8 Å². The Morgan fingerprint density at radius 2 is 1.91 bits per heavy atom. The minimum Gasteiger partial charge on any atom is -0.465 e. The number of anilines is 1. The van der Waals surface area contributed by atoms with Crippen LogP contribution in [-0.2, 0) is 19.4 Å². The number of thiocarbonyl (C=S) groups is 1. The Balaban J connectivity index is 1.93. The molecule has 0 amide bonds. The molecule has 1 aromatic rings. The van der Waals surface area contributed by atoms with Gasteiger partial charge in [0.1, 0.15) is 6.54 Å². The van der Waals surface area contributed by atoms with Crippen LogP contribution in [0.4, 0.5) is 5.69 Å². The predicted molar refractivity (Wildman–Crippen MR) is 91.1 cm³/mol. The number of hydrogen-bond donors (Lipinski definition) is 0. The lowest BCUT2D eigenvalue weighted by Gasteiger charge is -2.25. The fraction of sp³-hybridized carbons (Fsp3) is 0.467. The number of rotatable bonds is 4. The minimum atomic E-state index is -3.15. The standard InChI is InChI=1S/C15H18N2O4S2/c1-2-21-14(18)8-16-12-9-23(19,20)10-13(12)17(15(16)22)11-6-4-3-5-7-11/h3-7,12-13H,2,8-10H2,1H3/t12-,13-/m0/s1. The molecule has 2 aliphatic heterocycles. The van der Waals surface area contributed by atoms with Gasteiger partial charge in [0.2, 0.25) is 0 Å². The lowest BCUT2D eigenvalue weighted by atomic mass is 10.1. The lowest BCUT2D eigenvalue weighted by Crippen LogP contribution is -2.41. The predicted octanol–water partition coefficient (Wildman–Crippen LogP) is 0.822. The molecule has 0 aromatic heterocycles. The Labute approximate surface area is 140 Å². The number of para-hydroxylation sites is 1. The maximum Gasteiger partial charge on any atom is 0.325 e. The van der Waals surface area contributed by atoms with Gasteiger partial charge >= 0.3 is 5.97 Å². The van der Waals surface area contributed by atoms with Gasteiger partial charge in [-0.05, 0) is 31.3 Å². The van der Waals surface area contributed by atoms with E-state index in [1.807, 2.05) is 35.2 Å². The number of fused-ring (bicyclic) bond motifs is 1. The van der Waals surface area contributed by atoms with Crippen molar-refractivity contribution >= 4 is 38.8 Å². The summed E-state index contributed by atoms with van der Waals surface area (Å²) in [5, 5.41) is 0.481. The normalized spacial score (nSPS) is 25.5. The zero-order valence-corrected chi connectivity index (χ0v) is 14.3. The van der Waals surface area contributed by atoms with Gasteiger partial charge in [-0.1, -0.05) is 18.2 Å². The van der Waals surface area contributed by atoms with Crippen molar-refractivity contribution < 1.29 is 17.9 Å². The molecule has 124 valence electrons. The fourth-order valence-corrected chi connectivity index (χ4v) is 5.59. The highest BCUT2D eigenvalue weighted by Gasteiger charge is 2.52. The Hall–Kier alpha value is -1.67. The summed E-state index contributed by atoms with van der Waals surface area (Å²) in [5.74, 6) is -0.333. The molecule has 0 bridgehead atoms. The Kier molecular flexibility index (Phi) is 4.29. The van der Waals surface area contributed by atoms with Crippen molar-refractivity contribution in [3.05, 3.63) is 30.3 Å². The van der Waals surface area contributed by atoms with Crippen molar-refractivity contribution in [2.24, 2.45) is 0 Å². The van der Waals surface area contributed by atoms with E-state index >= 15 is 0 Å². The lowest BCUT2D eigenvalue weighted by molar-refractivity contribution is -0.143. The van der Waals surface area contributed by atoms with E-state index in [-0.39, 0.29) is 36.7 Å². The van der Waals surface area contributed by atoms with Gasteiger partial charge in [0.15, 0.2) is 14.9 Å². The molecule has 2 atom stereocenters. The van der Waals surface area contributed by atoms with Crippen LogP contribution in [0.15, 0.2) is 30.3 Å². The highest BCUT2D eigenvalue weighted by atomic mass is 32.2. The number of sulfone groups is 1. The van der Waals surface area contributed by atoms with Crippen LogP contribution in [0.3, 0.4) is 0 Å². The third-order valence-electron chi connectivity index (χ3n) is 4.12. The number of esters is 1. The molecule has 2 saturated heterocycles. The summed E-state index contributed by atoms with van der Waals surface area (Å²) in [7, 11) is -3.15. The first-order chi connectivity index (χ1) is 10.9. The Morgan fingerprint density at radius 1 is 1.26 bits per heavy atom. The zero-order chi connectivity index (χ0) is 16.6. The molecule has 0 saturated carbocycles. The summed E-state index contributed by atoms with van der Waals surface area (Å²) >= 11 is 5.53. The summed E-state index contributed by atoms with van der Waals surface area (Å²) in [6.45, 7) is 2.00. The number of nitrogens with zero attached hydrogens (tertiary/aromatic N) is 2. The monoisotopic (exact) mass is 354 g/mol. The van der Waals surface area contributed by atoms with Crippen LogP contribution >= 0.6 is 12.2 Å². The largest absolute Gasteiger partial charge is 0.465 e. The third kappa shape index (κ3) is 3.05. The second-order valence-electron chi connectivity index (χ2n) is 5.63. The summed E-state index contributed by atoms with van der Waals surface area (Å²) in [5.41, 5.74) is 0.843. The van der Waals surface area contributed by atoms with Crippen LogP contribution in [0.2, 0.25) is 0 Å². The molecule has 0 aliphatic carbocycles. The average Bonchev–Trinajstić information content (AvgIpc) is 2.92. The second-order valence-corrected chi connectivity index (χ2v) is 8.15. The molecule has 1 aromatic carbocycles. The molecule has 0 spiro atoms. The smallest absolute Gasteiger partial charge is 0.325 e. The maximum atomic E-state index is 12.1. The molecular weight excluding hydrogens is 336 g/mol. The molecule has 8 heteroatoms. The molecule has 2 fully saturated rings. The van der Waals surface area contributed by atoms with Crippen molar-refractivity contribution in [3.8, 4) is 0 Å².